The first-order valence-corrected chi connectivity index (χ1v) is 7.56. The number of guanidine groups is 1. The first kappa shape index (κ1) is 14.9. The van der Waals surface area contributed by atoms with Crippen LogP contribution < -0.4 is 10.6 Å². The van der Waals surface area contributed by atoms with Gasteiger partial charge in [-0.15, -0.1) is 0 Å². The summed E-state index contributed by atoms with van der Waals surface area (Å²) in [7, 11) is 1.80. The van der Waals surface area contributed by atoms with Gasteiger partial charge in [0.05, 0.1) is 0 Å². The van der Waals surface area contributed by atoms with Gasteiger partial charge in [-0.25, -0.2) is 0 Å². The van der Waals surface area contributed by atoms with Crippen molar-refractivity contribution in [3.05, 3.63) is 18.5 Å². The van der Waals surface area contributed by atoms with E-state index in [2.05, 4.69) is 33.9 Å². The van der Waals surface area contributed by atoms with Crippen LogP contribution in [0.15, 0.2) is 23.5 Å². The van der Waals surface area contributed by atoms with E-state index in [1.54, 1.807) is 7.05 Å². The molecule has 1 unspecified atom stereocenters. The number of aliphatic imine (C=N–C) groups is 1. The van der Waals surface area contributed by atoms with Crippen molar-refractivity contribution < 1.29 is 0 Å². The Bertz CT molecular complexity index is 336. The summed E-state index contributed by atoms with van der Waals surface area (Å²) in [6.45, 7) is 4.94. The minimum absolute atomic E-state index is 0.504. The molecule has 2 N–H and O–H groups in total. The third-order valence-electron chi connectivity index (χ3n) is 2.50. The molecule has 1 rings (SSSR count). The first-order valence-electron chi connectivity index (χ1n) is 6.17. The molecule has 6 heteroatoms. The van der Waals surface area contributed by atoms with E-state index in [1.807, 2.05) is 34.9 Å². The predicted octanol–water partition coefficient (Wildman–Crippen LogP) is 1.05. The number of hydrogen-bond acceptors (Lipinski definition) is 3. The van der Waals surface area contributed by atoms with Crippen LogP contribution in [0.3, 0.4) is 0 Å². The quantitative estimate of drug-likeness (QED) is 0.441. The Kier molecular flexibility index (Phi) is 7.32. The molecule has 0 saturated heterocycles. The van der Waals surface area contributed by atoms with Crippen LogP contribution in [0.2, 0.25) is 0 Å². The van der Waals surface area contributed by atoms with Crippen LogP contribution in [-0.2, 0) is 6.54 Å². The Balaban J connectivity index is 2.21. The summed E-state index contributed by atoms with van der Waals surface area (Å²) in [5.41, 5.74) is 0. The van der Waals surface area contributed by atoms with Gasteiger partial charge in [0, 0.05) is 44.8 Å². The molecule has 1 heterocycles. The fraction of sp³-hybridized carbons (Fsp3) is 0.667. The average Bonchev–Trinajstić information content (AvgIpc) is 2.86. The maximum Gasteiger partial charge on any atom is 0.191 e. The monoisotopic (exact) mass is 269 g/mol. The molecule has 0 amide bonds. The number of nitrogens with zero attached hydrogens (tertiary/aromatic N) is 3. The molecule has 0 aliphatic rings. The van der Waals surface area contributed by atoms with Gasteiger partial charge in [-0.1, -0.05) is 6.92 Å². The van der Waals surface area contributed by atoms with E-state index in [-0.39, 0.29) is 0 Å². The minimum Gasteiger partial charge on any atom is -0.356 e. The van der Waals surface area contributed by atoms with Crippen LogP contribution in [0.4, 0.5) is 0 Å². The molecule has 0 aromatic carbocycles. The van der Waals surface area contributed by atoms with E-state index < -0.39 is 0 Å². The van der Waals surface area contributed by atoms with Gasteiger partial charge in [0.25, 0.3) is 0 Å². The highest BCUT2D eigenvalue weighted by Crippen LogP contribution is 1.97. The molecule has 1 aromatic heterocycles. The van der Waals surface area contributed by atoms with Crippen molar-refractivity contribution in [3.8, 4) is 0 Å². The van der Waals surface area contributed by atoms with Crippen LogP contribution in [0, 0.1) is 5.92 Å². The molecule has 0 fully saturated rings. The van der Waals surface area contributed by atoms with Gasteiger partial charge < -0.3 is 10.6 Å². The molecule has 102 valence electrons. The predicted molar refractivity (Wildman–Crippen MR) is 79.1 cm³/mol. The van der Waals surface area contributed by atoms with E-state index in [9.17, 15) is 0 Å². The lowest BCUT2D eigenvalue weighted by molar-refractivity contribution is 0.443. The largest absolute Gasteiger partial charge is 0.356 e. The topological polar surface area (TPSA) is 54.2 Å². The van der Waals surface area contributed by atoms with Crippen molar-refractivity contribution in [2.45, 2.75) is 13.5 Å². The maximum absolute atomic E-state index is 4.20. The van der Waals surface area contributed by atoms with Crippen LogP contribution in [0.1, 0.15) is 6.92 Å². The number of nitrogens with one attached hydrogen (secondary N) is 2. The van der Waals surface area contributed by atoms with Gasteiger partial charge >= 0.3 is 0 Å². The molecule has 1 atom stereocenters. The highest BCUT2D eigenvalue weighted by Gasteiger charge is 2.04. The lowest BCUT2D eigenvalue weighted by Crippen LogP contribution is -2.40. The van der Waals surface area contributed by atoms with E-state index in [4.69, 9.17) is 0 Å². The Morgan fingerprint density at radius 2 is 2.33 bits per heavy atom. The van der Waals surface area contributed by atoms with Gasteiger partial charge in [0.15, 0.2) is 5.96 Å². The summed E-state index contributed by atoms with van der Waals surface area (Å²) in [5.74, 6) is 2.46. The van der Waals surface area contributed by atoms with Crippen molar-refractivity contribution in [1.29, 1.82) is 0 Å². The average molecular weight is 269 g/mol. The Morgan fingerprint density at radius 3 is 2.94 bits per heavy atom. The number of hydrogen-bond donors (Lipinski definition) is 2. The molecule has 0 aliphatic carbocycles. The fourth-order valence-electron chi connectivity index (χ4n) is 1.56. The molecule has 0 saturated carbocycles. The zero-order valence-electron chi connectivity index (χ0n) is 11.4. The first-order chi connectivity index (χ1) is 8.76. The van der Waals surface area contributed by atoms with Crippen LogP contribution >= 0.6 is 11.8 Å². The second-order valence-corrected chi connectivity index (χ2v) is 5.19. The summed E-state index contributed by atoms with van der Waals surface area (Å²) >= 11 is 1.82. The Labute approximate surface area is 113 Å². The minimum atomic E-state index is 0.504. The molecule has 0 bridgehead atoms. The summed E-state index contributed by atoms with van der Waals surface area (Å²) in [5, 5.41) is 10.8. The third kappa shape index (κ3) is 5.95. The lowest BCUT2D eigenvalue weighted by Gasteiger charge is -2.15. The molecule has 18 heavy (non-hydrogen) atoms. The van der Waals surface area contributed by atoms with Gasteiger partial charge in [0.2, 0.25) is 0 Å². The number of thioether (sulfide) groups is 1. The lowest BCUT2D eigenvalue weighted by atomic mass is 10.2. The van der Waals surface area contributed by atoms with E-state index in [0.29, 0.717) is 5.92 Å². The van der Waals surface area contributed by atoms with E-state index in [1.165, 1.54) is 0 Å². The Hall–Kier alpha value is -1.17. The fourth-order valence-corrected chi connectivity index (χ4v) is 1.86. The zero-order chi connectivity index (χ0) is 13.2. The summed E-state index contributed by atoms with van der Waals surface area (Å²) in [6.07, 6.45) is 5.90. The van der Waals surface area contributed by atoms with Crippen molar-refractivity contribution in [3.63, 3.8) is 0 Å². The Morgan fingerprint density at radius 1 is 1.50 bits per heavy atom. The molecule has 0 spiro atoms. The van der Waals surface area contributed by atoms with Gasteiger partial charge in [-0.05, 0) is 18.2 Å². The molecular formula is C12H23N5S. The van der Waals surface area contributed by atoms with Gasteiger partial charge in [-0.2, -0.15) is 16.9 Å². The molecular weight excluding hydrogens is 246 g/mol. The van der Waals surface area contributed by atoms with Crippen molar-refractivity contribution in [1.82, 2.24) is 20.4 Å². The highest BCUT2D eigenvalue weighted by atomic mass is 32.2. The maximum atomic E-state index is 4.20. The van der Waals surface area contributed by atoms with E-state index in [0.717, 1.165) is 31.3 Å². The van der Waals surface area contributed by atoms with Crippen molar-refractivity contribution in [2.75, 3.05) is 32.1 Å². The van der Waals surface area contributed by atoms with Crippen molar-refractivity contribution >= 4 is 17.7 Å². The number of rotatable bonds is 7. The third-order valence-corrected chi connectivity index (χ3v) is 3.11. The zero-order valence-corrected chi connectivity index (χ0v) is 12.2. The molecule has 5 nitrogen and oxygen atoms in total. The smallest absolute Gasteiger partial charge is 0.191 e. The second kappa shape index (κ2) is 8.85. The highest BCUT2D eigenvalue weighted by molar-refractivity contribution is 7.98. The second-order valence-electron chi connectivity index (χ2n) is 4.21. The van der Waals surface area contributed by atoms with Crippen molar-refractivity contribution in [2.24, 2.45) is 10.9 Å². The molecule has 0 radical (unpaired) electrons. The standard InChI is InChI=1S/C12H23N5S/c1-11(10-17-7-4-5-16-17)9-15-12(13-2)14-6-8-18-3/h4-5,7,11H,6,8-10H2,1-3H3,(H2,13,14,15). The summed E-state index contributed by atoms with van der Waals surface area (Å²) in [4.78, 5) is 4.19. The SMILES string of the molecule is CN=C(NCCSC)NCC(C)Cn1cccn1. The van der Waals surface area contributed by atoms with Crippen LogP contribution in [0.25, 0.3) is 0 Å². The normalized spacial score (nSPS) is 13.4. The summed E-state index contributed by atoms with van der Waals surface area (Å²) < 4.78 is 1.95. The molecule has 0 aliphatic heterocycles. The van der Waals surface area contributed by atoms with Gasteiger partial charge in [0.1, 0.15) is 0 Å². The van der Waals surface area contributed by atoms with Gasteiger partial charge in [-0.3, -0.25) is 9.67 Å². The number of aromatic nitrogens is 2. The summed E-state index contributed by atoms with van der Waals surface area (Å²) in [6, 6.07) is 1.95. The molecule has 1 aromatic rings. The van der Waals surface area contributed by atoms with Crippen LogP contribution in [-0.4, -0.2) is 47.9 Å². The van der Waals surface area contributed by atoms with Crippen LogP contribution in [0.5, 0.6) is 0 Å². The van der Waals surface area contributed by atoms with E-state index >= 15 is 0 Å².